The third-order valence-electron chi connectivity index (χ3n) is 5.69. The smallest absolute Gasteiger partial charge is 0.385 e. The molecule has 1 aliphatic rings. The molecule has 11 heteroatoms. The van der Waals surface area contributed by atoms with Gasteiger partial charge in [0.1, 0.15) is 12.1 Å². The van der Waals surface area contributed by atoms with Gasteiger partial charge in [-0.3, -0.25) is 9.47 Å². The lowest BCUT2D eigenvalue weighted by Crippen LogP contribution is -2.47. The van der Waals surface area contributed by atoms with Crippen LogP contribution < -0.4 is 15.4 Å². The van der Waals surface area contributed by atoms with E-state index in [0.29, 0.717) is 50.3 Å². The summed E-state index contributed by atoms with van der Waals surface area (Å²) in [6.45, 7) is 2.77. The van der Waals surface area contributed by atoms with Gasteiger partial charge in [0.25, 0.3) is 0 Å². The zero-order valence-corrected chi connectivity index (χ0v) is 17.7. The molecule has 0 amide bonds. The quantitative estimate of drug-likeness (QED) is 0.597. The SMILES string of the molecule is O=C(CO)On1c(=O)n(CCN2CCN(c3ccc(C(F)(F)F)cc3)CC2)c2ccccc21. The first-order valence-corrected chi connectivity index (χ1v) is 10.4. The van der Waals surface area contributed by atoms with Gasteiger partial charge in [-0.05, 0) is 36.4 Å². The molecule has 0 aliphatic carbocycles. The maximum atomic E-state index is 12.8. The van der Waals surface area contributed by atoms with Gasteiger partial charge >= 0.3 is 17.8 Å². The van der Waals surface area contributed by atoms with Gasteiger partial charge in [-0.15, -0.1) is 4.73 Å². The van der Waals surface area contributed by atoms with Gasteiger partial charge in [0.15, 0.2) is 0 Å². The number of aromatic nitrogens is 2. The molecule has 0 spiro atoms. The van der Waals surface area contributed by atoms with Gasteiger partial charge in [-0.1, -0.05) is 12.1 Å². The van der Waals surface area contributed by atoms with E-state index in [2.05, 4.69) is 4.90 Å². The van der Waals surface area contributed by atoms with E-state index in [1.807, 2.05) is 4.90 Å². The summed E-state index contributed by atoms with van der Waals surface area (Å²) in [4.78, 5) is 33.5. The van der Waals surface area contributed by atoms with Crippen LogP contribution in [0.25, 0.3) is 11.0 Å². The second-order valence-corrected chi connectivity index (χ2v) is 7.71. The van der Waals surface area contributed by atoms with Crippen molar-refractivity contribution in [2.75, 3.05) is 44.2 Å². The number of alkyl halides is 3. The molecule has 1 fully saturated rings. The van der Waals surface area contributed by atoms with Crippen molar-refractivity contribution < 1.29 is 27.9 Å². The number of hydrogen-bond acceptors (Lipinski definition) is 6. The first kappa shape index (κ1) is 22.9. The molecule has 1 aromatic heterocycles. The number of piperazine rings is 1. The minimum atomic E-state index is -4.35. The molecular formula is C22H23F3N4O4. The van der Waals surface area contributed by atoms with E-state index >= 15 is 0 Å². The van der Waals surface area contributed by atoms with Crippen molar-refractivity contribution in [1.82, 2.24) is 14.2 Å². The summed E-state index contributed by atoms with van der Waals surface area (Å²) in [6, 6.07) is 12.1. The largest absolute Gasteiger partial charge is 0.416 e. The van der Waals surface area contributed by atoms with Crippen LogP contribution in [0.5, 0.6) is 0 Å². The molecule has 2 aromatic carbocycles. The number of fused-ring (bicyclic) bond motifs is 1. The van der Waals surface area contributed by atoms with E-state index < -0.39 is 30.0 Å². The lowest BCUT2D eigenvalue weighted by atomic mass is 10.1. The van der Waals surface area contributed by atoms with E-state index in [0.717, 1.165) is 22.6 Å². The van der Waals surface area contributed by atoms with Crippen molar-refractivity contribution in [3.05, 3.63) is 64.6 Å². The molecular weight excluding hydrogens is 441 g/mol. The molecule has 3 aromatic rings. The highest BCUT2D eigenvalue weighted by molar-refractivity contribution is 5.77. The monoisotopic (exact) mass is 464 g/mol. The fraction of sp³-hybridized carbons (Fsp3) is 0.364. The summed E-state index contributed by atoms with van der Waals surface area (Å²) >= 11 is 0. The molecule has 0 bridgehead atoms. The first-order chi connectivity index (χ1) is 15.8. The van der Waals surface area contributed by atoms with Gasteiger partial charge in [0.2, 0.25) is 0 Å². The van der Waals surface area contributed by atoms with Crippen LogP contribution in [-0.4, -0.2) is 64.6 Å². The molecule has 8 nitrogen and oxygen atoms in total. The van der Waals surface area contributed by atoms with Crippen molar-refractivity contribution in [3.8, 4) is 0 Å². The molecule has 0 unspecified atom stereocenters. The Morgan fingerprint density at radius 3 is 2.18 bits per heavy atom. The number of para-hydroxylation sites is 2. The second kappa shape index (κ2) is 9.28. The van der Waals surface area contributed by atoms with E-state index in [9.17, 15) is 22.8 Å². The van der Waals surface area contributed by atoms with E-state index in [1.54, 1.807) is 24.3 Å². The number of aliphatic hydroxyl groups is 1. The maximum Gasteiger partial charge on any atom is 0.416 e. The summed E-state index contributed by atoms with van der Waals surface area (Å²) in [5, 5.41) is 8.94. The number of anilines is 1. The third kappa shape index (κ3) is 4.88. The molecule has 0 atom stereocenters. The summed E-state index contributed by atoms with van der Waals surface area (Å²) in [6.07, 6.45) is -4.35. The Hall–Kier alpha value is -3.31. The third-order valence-corrected chi connectivity index (χ3v) is 5.69. The molecule has 0 radical (unpaired) electrons. The number of aliphatic hydroxyl groups excluding tert-OH is 1. The molecule has 33 heavy (non-hydrogen) atoms. The maximum absolute atomic E-state index is 12.8. The fourth-order valence-corrected chi connectivity index (χ4v) is 3.95. The van der Waals surface area contributed by atoms with Gasteiger partial charge < -0.3 is 14.8 Å². The Morgan fingerprint density at radius 1 is 0.939 bits per heavy atom. The summed E-state index contributed by atoms with van der Waals surface area (Å²) in [5.74, 6) is -0.931. The van der Waals surface area contributed by atoms with Crippen molar-refractivity contribution in [3.63, 3.8) is 0 Å². The molecule has 176 valence electrons. The predicted molar refractivity (Wildman–Crippen MR) is 115 cm³/mol. The van der Waals surface area contributed by atoms with Crippen LogP contribution in [-0.2, 0) is 17.5 Å². The zero-order chi connectivity index (χ0) is 23.6. The second-order valence-electron chi connectivity index (χ2n) is 7.71. The molecule has 1 aliphatic heterocycles. The number of benzene rings is 2. The highest BCUT2D eigenvalue weighted by Gasteiger charge is 2.30. The van der Waals surface area contributed by atoms with Gasteiger partial charge in [-0.25, -0.2) is 9.59 Å². The lowest BCUT2D eigenvalue weighted by Gasteiger charge is -2.36. The standard InChI is InChI=1S/C22H23F3N4O4/c23-22(24,25)16-5-7-17(8-6-16)27-12-9-26(10-13-27)11-14-28-18-3-1-2-4-19(18)29(21(28)32)33-20(31)15-30/h1-8,30H,9-15H2. The van der Waals surface area contributed by atoms with Crippen molar-refractivity contribution in [2.24, 2.45) is 0 Å². The van der Waals surface area contributed by atoms with Crippen LogP contribution in [0.1, 0.15) is 5.56 Å². The van der Waals surface area contributed by atoms with Crippen LogP contribution in [0.4, 0.5) is 18.9 Å². The minimum Gasteiger partial charge on any atom is -0.385 e. The van der Waals surface area contributed by atoms with Crippen LogP contribution in [0.15, 0.2) is 53.3 Å². The van der Waals surface area contributed by atoms with Crippen LogP contribution in [0, 0.1) is 0 Å². The van der Waals surface area contributed by atoms with Gasteiger partial charge in [0.05, 0.1) is 11.1 Å². The Kier molecular flexibility index (Phi) is 6.43. The summed E-state index contributed by atoms with van der Waals surface area (Å²) in [7, 11) is 0. The molecule has 1 N–H and O–H groups in total. The number of carbonyl (C=O) groups is 1. The Morgan fingerprint density at radius 2 is 1.58 bits per heavy atom. The topological polar surface area (TPSA) is 79.9 Å². The first-order valence-electron chi connectivity index (χ1n) is 10.4. The Balaban J connectivity index is 1.40. The number of hydrogen-bond donors (Lipinski definition) is 1. The lowest BCUT2D eigenvalue weighted by molar-refractivity contribution is -0.147. The minimum absolute atomic E-state index is 0.364. The molecule has 2 heterocycles. The Labute approximate surface area is 186 Å². The normalized spacial score (nSPS) is 15.2. The molecule has 0 saturated carbocycles. The van der Waals surface area contributed by atoms with Crippen molar-refractivity contribution in [1.29, 1.82) is 0 Å². The van der Waals surface area contributed by atoms with E-state index in [-0.39, 0.29) is 0 Å². The van der Waals surface area contributed by atoms with Gasteiger partial charge in [-0.2, -0.15) is 13.2 Å². The van der Waals surface area contributed by atoms with Gasteiger partial charge in [0, 0.05) is 45.0 Å². The molecule has 1 saturated heterocycles. The van der Waals surface area contributed by atoms with Crippen LogP contribution >= 0.6 is 0 Å². The number of imidazole rings is 1. The number of nitrogens with zero attached hydrogens (tertiary/aromatic N) is 4. The van der Waals surface area contributed by atoms with Crippen molar-refractivity contribution >= 4 is 22.7 Å². The average Bonchev–Trinajstić information content (AvgIpc) is 3.08. The summed E-state index contributed by atoms with van der Waals surface area (Å²) in [5.41, 5.74) is 0.598. The highest BCUT2D eigenvalue weighted by Crippen LogP contribution is 2.30. The average molecular weight is 464 g/mol. The van der Waals surface area contributed by atoms with Crippen LogP contribution in [0.3, 0.4) is 0 Å². The van der Waals surface area contributed by atoms with Crippen LogP contribution in [0.2, 0.25) is 0 Å². The molecule has 4 rings (SSSR count). The highest BCUT2D eigenvalue weighted by atomic mass is 19.4. The number of rotatable bonds is 6. The fourth-order valence-electron chi connectivity index (χ4n) is 3.95. The summed E-state index contributed by atoms with van der Waals surface area (Å²) < 4.78 is 40.7. The zero-order valence-electron chi connectivity index (χ0n) is 17.7. The van der Waals surface area contributed by atoms with E-state index in [1.165, 1.54) is 16.7 Å². The Bertz CT molecular complexity index is 1180. The number of carbonyl (C=O) groups excluding carboxylic acids is 1. The van der Waals surface area contributed by atoms with Crippen molar-refractivity contribution in [2.45, 2.75) is 12.7 Å². The number of halogens is 3. The van der Waals surface area contributed by atoms with E-state index in [4.69, 9.17) is 9.94 Å². The predicted octanol–water partition coefficient (Wildman–Crippen LogP) is 1.59.